The van der Waals surface area contributed by atoms with E-state index in [1.54, 1.807) is 17.8 Å². The maximum Gasteiger partial charge on any atom is 0.270 e. The lowest BCUT2D eigenvalue weighted by Gasteiger charge is -2.30. The summed E-state index contributed by atoms with van der Waals surface area (Å²) in [6, 6.07) is 4.64. The number of hydrogen-bond acceptors (Lipinski definition) is 6. The van der Waals surface area contributed by atoms with E-state index >= 15 is 0 Å². The third-order valence-electron chi connectivity index (χ3n) is 3.33. The largest absolute Gasteiger partial charge is 0.409 e. The number of nitro groups is 1. The number of anilines is 1. The average molecular weight is 312 g/mol. The van der Waals surface area contributed by atoms with E-state index in [0.717, 1.165) is 12.2 Å². The highest BCUT2D eigenvalue weighted by atomic mass is 32.2. The molecule has 1 aromatic rings. The number of nitro benzene ring substituents is 1. The number of hydrogen-bond donors (Lipinski definition) is 2. The molecule has 0 radical (unpaired) electrons. The third kappa shape index (κ3) is 4.01. The molecule has 0 bridgehead atoms. The minimum Gasteiger partial charge on any atom is -0.409 e. The summed E-state index contributed by atoms with van der Waals surface area (Å²) in [4.78, 5) is 12.4. The number of thioether (sulfide) groups is 1. The first-order chi connectivity index (χ1) is 9.96. The van der Waals surface area contributed by atoms with Gasteiger partial charge in [0.25, 0.3) is 5.69 Å². The summed E-state index contributed by atoms with van der Waals surface area (Å²) in [6.45, 7) is 2.08. The highest BCUT2D eigenvalue weighted by Crippen LogP contribution is 2.27. The van der Waals surface area contributed by atoms with E-state index in [-0.39, 0.29) is 17.6 Å². The number of nitrogens with two attached hydrogens (primary N) is 1. The Labute approximate surface area is 128 Å². The van der Waals surface area contributed by atoms with Crippen LogP contribution in [0.4, 0.5) is 11.4 Å². The SMILES string of the molecule is CCC(CSC)N(C)c1ccc([N+](=O)[O-])cc1/C(N)=N/O. The van der Waals surface area contributed by atoms with Gasteiger partial charge in [-0.1, -0.05) is 12.1 Å². The molecule has 0 saturated carbocycles. The number of amidine groups is 1. The zero-order valence-corrected chi connectivity index (χ0v) is 13.1. The lowest BCUT2D eigenvalue weighted by atomic mass is 10.1. The van der Waals surface area contributed by atoms with Crippen LogP contribution < -0.4 is 10.6 Å². The zero-order valence-electron chi connectivity index (χ0n) is 12.3. The molecule has 21 heavy (non-hydrogen) atoms. The molecule has 1 unspecified atom stereocenters. The van der Waals surface area contributed by atoms with Gasteiger partial charge in [0, 0.05) is 36.7 Å². The van der Waals surface area contributed by atoms with Crippen LogP contribution in [0.5, 0.6) is 0 Å². The van der Waals surface area contributed by atoms with Gasteiger partial charge in [-0.25, -0.2) is 0 Å². The van der Waals surface area contributed by atoms with Gasteiger partial charge in [-0.3, -0.25) is 10.1 Å². The summed E-state index contributed by atoms with van der Waals surface area (Å²) in [7, 11) is 1.90. The van der Waals surface area contributed by atoms with Crippen molar-refractivity contribution in [3.63, 3.8) is 0 Å². The molecule has 1 aromatic carbocycles. The molecule has 1 atom stereocenters. The molecule has 1 rings (SSSR count). The highest BCUT2D eigenvalue weighted by molar-refractivity contribution is 7.98. The molecular formula is C13H20N4O3S. The Kier molecular flexibility index (Phi) is 6.29. The van der Waals surface area contributed by atoms with E-state index in [1.165, 1.54) is 12.1 Å². The predicted octanol–water partition coefficient (Wildman–Crippen LogP) is 2.27. The lowest BCUT2D eigenvalue weighted by molar-refractivity contribution is -0.384. The minimum absolute atomic E-state index is 0.0911. The van der Waals surface area contributed by atoms with Crippen molar-refractivity contribution in [2.75, 3.05) is 24.0 Å². The number of oxime groups is 1. The molecule has 0 heterocycles. The van der Waals surface area contributed by atoms with Crippen molar-refractivity contribution < 1.29 is 10.1 Å². The van der Waals surface area contributed by atoms with E-state index in [9.17, 15) is 10.1 Å². The Morgan fingerprint density at radius 1 is 1.62 bits per heavy atom. The molecule has 0 aliphatic rings. The van der Waals surface area contributed by atoms with Gasteiger partial charge in [0.15, 0.2) is 5.84 Å². The van der Waals surface area contributed by atoms with Crippen molar-refractivity contribution in [3.05, 3.63) is 33.9 Å². The molecule has 0 spiro atoms. The van der Waals surface area contributed by atoms with Crippen LogP contribution in [0.1, 0.15) is 18.9 Å². The van der Waals surface area contributed by atoms with Gasteiger partial charge in [0.05, 0.1) is 10.5 Å². The molecule has 0 aliphatic heterocycles. The summed E-state index contributed by atoms with van der Waals surface area (Å²) in [6.07, 6.45) is 2.95. The summed E-state index contributed by atoms with van der Waals surface area (Å²) in [5.41, 5.74) is 6.63. The van der Waals surface area contributed by atoms with E-state index in [0.29, 0.717) is 11.3 Å². The quantitative estimate of drug-likeness (QED) is 0.263. The van der Waals surface area contributed by atoms with Crippen LogP contribution in [0.3, 0.4) is 0 Å². The summed E-state index contributed by atoms with van der Waals surface area (Å²) in [5.74, 6) is 0.777. The van der Waals surface area contributed by atoms with Crippen molar-refractivity contribution in [1.82, 2.24) is 0 Å². The van der Waals surface area contributed by atoms with E-state index in [4.69, 9.17) is 10.9 Å². The fraction of sp³-hybridized carbons (Fsp3) is 0.462. The second-order valence-electron chi connectivity index (χ2n) is 4.57. The third-order valence-corrected chi connectivity index (χ3v) is 4.05. The van der Waals surface area contributed by atoms with Crippen molar-refractivity contribution in [1.29, 1.82) is 0 Å². The molecule has 8 heteroatoms. The highest BCUT2D eigenvalue weighted by Gasteiger charge is 2.20. The molecule has 0 aliphatic carbocycles. The first-order valence-corrected chi connectivity index (χ1v) is 7.83. The Hall–Kier alpha value is -1.96. The van der Waals surface area contributed by atoms with Gasteiger partial charge in [0.1, 0.15) is 0 Å². The molecule has 3 N–H and O–H groups in total. The topological polar surface area (TPSA) is 105 Å². The van der Waals surface area contributed by atoms with Crippen LogP contribution in [0.25, 0.3) is 0 Å². The van der Waals surface area contributed by atoms with Crippen LogP contribution in [0.15, 0.2) is 23.4 Å². The second-order valence-corrected chi connectivity index (χ2v) is 5.48. The number of non-ortho nitro benzene ring substituents is 1. The molecule has 0 saturated heterocycles. The predicted molar refractivity (Wildman–Crippen MR) is 86.5 cm³/mol. The van der Waals surface area contributed by atoms with Gasteiger partial charge < -0.3 is 15.8 Å². The fourth-order valence-electron chi connectivity index (χ4n) is 2.10. The number of rotatable bonds is 7. The first-order valence-electron chi connectivity index (χ1n) is 6.44. The van der Waals surface area contributed by atoms with Gasteiger partial charge in [0.2, 0.25) is 0 Å². The van der Waals surface area contributed by atoms with Gasteiger partial charge in [-0.2, -0.15) is 11.8 Å². The number of benzene rings is 1. The molecule has 0 fully saturated rings. The Balaban J connectivity index is 3.30. The first kappa shape index (κ1) is 17.1. The fourth-order valence-corrected chi connectivity index (χ4v) is 2.94. The van der Waals surface area contributed by atoms with Gasteiger partial charge >= 0.3 is 0 Å². The van der Waals surface area contributed by atoms with E-state index in [2.05, 4.69) is 12.1 Å². The minimum atomic E-state index is -0.503. The summed E-state index contributed by atoms with van der Waals surface area (Å²) in [5, 5.41) is 22.8. The van der Waals surface area contributed by atoms with Crippen LogP contribution in [0.2, 0.25) is 0 Å². The molecule has 116 valence electrons. The standard InChI is InChI=1S/C13H20N4O3S/c1-4-9(8-21-3)16(2)12-6-5-10(17(19)20)7-11(12)13(14)15-18/h5-7,9,18H,4,8H2,1-3H3,(H2,14,15). The monoisotopic (exact) mass is 312 g/mol. The Bertz CT molecular complexity index is 536. The van der Waals surface area contributed by atoms with Crippen molar-refractivity contribution in [3.8, 4) is 0 Å². The summed E-state index contributed by atoms with van der Waals surface area (Å²) >= 11 is 1.72. The van der Waals surface area contributed by atoms with Crippen LogP contribution >= 0.6 is 11.8 Å². The second kappa shape index (κ2) is 7.72. The Morgan fingerprint density at radius 3 is 2.76 bits per heavy atom. The van der Waals surface area contributed by atoms with Crippen molar-refractivity contribution in [2.24, 2.45) is 10.9 Å². The lowest BCUT2D eigenvalue weighted by Crippen LogP contribution is -2.34. The van der Waals surface area contributed by atoms with E-state index < -0.39 is 4.92 Å². The zero-order chi connectivity index (χ0) is 16.0. The smallest absolute Gasteiger partial charge is 0.270 e. The van der Waals surface area contributed by atoms with Gasteiger partial charge in [-0.05, 0) is 18.7 Å². The van der Waals surface area contributed by atoms with Crippen molar-refractivity contribution in [2.45, 2.75) is 19.4 Å². The van der Waals surface area contributed by atoms with Crippen LogP contribution in [-0.2, 0) is 0 Å². The maximum absolute atomic E-state index is 10.9. The molecule has 0 aromatic heterocycles. The molecule has 7 nitrogen and oxygen atoms in total. The van der Waals surface area contributed by atoms with Crippen LogP contribution in [-0.4, -0.2) is 41.1 Å². The number of nitrogens with zero attached hydrogens (tertiary/aromatic N) is 3. The normalized spacial score (nSPS) is 13.0. The average Bonchev–Trinajstić information content (AvgIpc) is 2.50. The summed E-state index contributed by atoms with van der Waals surface area (Å²) < 4.78 is 0. The van der Waals surface area contributed by atoms with Crippen LogP contribution in [0, 0.1) is 10.1 Å². The van der Waals surface area contributed by atoms with Gasteiger partial charge in [-0.15, -0.1) is 0 Å². The molecule has 0 amide bonds. The maximum atomic E-state index is 10.9. The Morgan fingerprint density at radius 2 is 2.29 bits per heavy atom. The van der Waals surface area contributed by atoms with Crippen molar-refractivity contribution >= 4 is 29.0 Å². The molecular weight excluding hydrogens is 292 g/mol. The van der Waals surface area contributed by atoms with E-state index in [1.807, 2.05) is 18.2 Å².